The average Bonchev–Trinajstić information content (AvgIpc) is 1.86. The minimum absolute atomic E-state index is 0.00939. The first-order valence-corrected chi connectivity index (χ1v) is 5.07. The maximum atomic E-state index is 11.3. The standard InChI is InChI=1S/C7H17NO2S/c1-6(8)5-11(9)7(2)4-10-3/h6-7H,4-5,8H2,1-3H3. The van der Waals surface area contributed by atoms with Crippen molar-refractivity contribution in [3.63, 3.8) is 0 Å². The van der Waals surface area contributed by atoms with Crippen molar-refractivity contribution < 1.29 is 8.95 Å². The Labute approximate surface area is 70.8 Å². The lowest BCUT2D eigenvalue weighted by Crippen LogP contribution is -2.29. The molecule has 0 saturated heterocycles. The molecule has 3 unspecified atom stereocenters. The molecule has 0 fully saturated rings. The van der Waals surface area contributed by atoms with Gasteiger partial charge < -0.3 is 10.5 Å². The molecule has 0 aliphatic rings. The summed E-state index contributed by atoms with van der Waals surface area (Å²) < 4.78 is 16.2. The molecule has 0 radical (unpaired) electrons. The zero-order valence-electron chi connectivity index (χ0n) is 7.37. The molecular weight excluding hydrogens is 162 g/mol. The van der Waals surface area contributed by atoms with Crippen LogP contribution in [0.2, 0.25) is 0 Å². The lowest BCUT2D eigenvalue weighted by Gasteiger charge is -2.11. The van der Waals surface area contributed by atoms with Crippen LogP contribution in [0.5, 0.6) is 0 Å². The third-order valence-corrected chi connectivity index (χ3v) is 3.17. The van der Waals surface area contributed by atoms with Crippen LogP contribution in [0.4, 0.5) is 0 Å². The van der Waals surface area contributed by atoms with Gasteiger partial charge in [0.15, 0.2) is 0 Å². The van der Waals surface area contributed by atoms with E-state index in [2.05, 4.69) is 0 Å². The highest BCUT2D eigenvalue weighted by atomic mass is 32.2. The van der Waals surface area contributed by atoms with E-state index in [1.165, 1.54) is 0 Å². The molecule has 0 aliphatic carbocycles. The smallest absolute Gasteiger partial charge is 0.0603 e. The normalized spacial score (nSPS) is 19.3. The predicted molar refractivity (Wildman–Crippen MR) is 48.0 cm³/mol. The number of methoxy groups -OCH3 is 1. The molecule has 0 amide bonds. The fourth-order valence-corrected chi connectivity index (χ4v) is 1.87. The minimum atomic E-state index is -0.845. The Kier molecular flexibility index (Phi) is 5.72. The Morgan fingerprint density at radius 3 is 2.45 bits per heavy atom. The largest absolute Gasteiger partial charge is 0.383 e. The quantitative estimate of drug-likeness (QED) is 0.652. The van der Waals surface area contributed by atoms with E-state index in [0.29, 0.717) is 12.4 Å². The molecule has 0 saturated carbocycles. The topological polar surface area (TPSA) is 52.3 Å². The Balaban J connectivity index is 3.64. The summed E-state index contributed by atoms with van der Waals surface area (Å²) >= 11 is 0. The van der Waals surface area contributed by atoms with Gasteiger partial charge in [-0.3, -0.25) is 4.21 Å². The molecule has 0 heterocycles. The van der Waals surface area contributed by atoms with E-state index in [-0.39, 0.29) is 11.3 Å². The van der Waals surface area contributed by atoms with Gasteiger partial charge in [-0.1, -0.05) is 0 Å². The summed E-state index contributed by atoms with van der Waals surface area (Å²) in [6, 6.07) is 0.00939. The van der Waals surface area contributed by atoms with E-state index in [1.807, 2.05) is 13.8 Å². The zero-order chi connectivity index (χ0) is 8.85. The lowest BCUT2D eigenvalue weighted by atomic mass is 10.4. The molecule has 2 N–H and O–H groups in total. The third kappa shape index (κ3) is 5.35. The first-order valence-electron chi connectivity index (χ1n) is 3.69. The first-order chi connectivity index (χ1) is 5.07. The maximum absolute atomic E-state index is 11.3. The van der Waals surface area contributed by atoms with E-state index in [1.54, 1.807) is 7.11 Å². The molecule has 68 valence electrons. The van der Waals surface area contributed by atoms with E-state index >= 15 is 0 Å². The van der Waals surface area contributed by atoms with Crippen LogP contribution in [-0.4, -0.2) is 35.0 Å². The third-order valence-electron chi connectivity index (χ3n) is 1.28. The van der Waals surface area contributed by atoms with Gasteiger partial charge in [0.1, 0.15) is 0 Å². The second kappa shape index (κ2) is 5.69. The Hall–Kier alpha value is 0.0700. The van der Waals surface area contributed by atoms with Crippen LogP contribution in [0.25, 0.3) is 0 Å². The van der Waals surface area contributed by atoms with Gasteiger partial charge in [0, 0.05) is 29.7 Å². The van der Waals surface area contributed by atoms with Crippen molar-refractivity contribution in [3.05, 3.63) is 0 Å². The van der Waals surface area contributed by atoms with Crippen LogP contribution >= 0.6 is 0 Å². The molecule has 0 aromatic carbocycles. The predicted octanol–water partition coefficient (Wildman–Crippen LogP) is 0.117. The zero-order valence-corrected chi connectivity index (χ0v) is 8.19. The van der Waals surface area contributed by atoms with Crippen molar-refractivity contribution in [2.24, 2.45) is 5.73 Å². The lowest BCUT2D eigenvalue weighted by molar-refractivity contribution is 0.201. The molecular formula is C7H17NO2S. The number of ether oxygens (including phenoxy) is 1. The maximum Gasteiger partial charge on any atom is 0.0603 e. The van der Waals surface area contributed by atoms with Crippen LogP contribution in [0.3, 0.4) is 0 Å². The molecule has 0 aromatic rings. The fourth-order valence-electron chi connectivity index (χ4n) is 0.734. The van der Waals surface area contributed by atoms with Crippen LogP contribution in [0.15, 0.2) is 0 Å². The van der Waals surface area contributed by atoms with Gasteiger partial charge in [-0.05, 0) is 13.8 Å². The second-order valence-corrected chi connectivity index (χ2v) is 4.69. The van der Waals surface area contributed by atoms with Gasteiger partial charge in [-0.15, -0.1) is 0 Å². The Morgan fingerprint density at radius 2 is 2.09 bits per heavy atom. The van der Waals surface area contributed by atoms with Crippen molar-refractivity contribution in [1.29, 1.82) is 0 Å². The van der Waals surface area contributed by atoms with Crippen molar-refractivity contribution in [3.8, 4) is 0 Å². The number of hydrogen-bond acceptors (Lipinski definition) is 3. The van der Waals surface area contributed by atoms with Crippen LogP contribution in [0.1, 0.15) is 13.8 Å². The molecule has 0 spiro atoms. The molecule has 0 aliphatic heterocycles. The van der Waals surface area contributed by atoms with Crippen molar-refractivity contribution >= 4 is 10.8 Å². The number of rotatable bonds is 5. The summed E-state index contributed by atoms with van der Waals surface area (Å²) in [5.41, 5.74) is 5.49. The summed E-state index contributed by atoms with van der Waals surface area (Å²) in [5.74, 6) is 0.560. The minimum Gasteiger partial charge on any atom is -0.383 e. The van der Waals surface area contributed by atoms with E-state index in [0.717, 1.165) is 0 Å². The summed E-state index contributed by atoms with van der Waals surface area (Å²) in [6.07, 6.45) is 0. The van der Waals surface area contributed by atoms with Crippen molar-refractivity contribution in [2.75, 3.05) is 19.5 Å². The SMILES string of the molecule is COCC(C)S(=O)CC(C)N. The van der Waals surface area contributed by atoms with E-state index in [9.17, 15) is 4.21 Å². The summed E-state index contributed by atoms with van der Waals surface area (Å²) in [7, 11) is 0.766. The van der Waals surface area contributed by atoms with Gasteiger partial charge in [-0.2, -0.15) is 0 Å². The first kappa shape index (κ1) is 11.1. The second-order valence-electron chi connectivity index (χ2n) is 2.79. The molecule has 3 nitrogen and oxygen atoms in total. The van der Waals surface area contributed by atoms with E-state index < -0.39 is 10.8 Å². The monoisotopic (exact) mass is 179 g/mol. The van der Waals surface area contributed by atoms with Crippen molar-refractivity contribution in [1.82, 2.24) is 0 Å². The van der Waals surface area contributed by atoms with Crippen LogP contribution in [0, 0.1) is 0 Å². The molecule has 0 rings (SSSR count). The molecule has 11 heavy (non-hydrogen) atoms. The summed E-state index contributed by atoms with van der Waals surface area (Å²) in [4.78, 5) is 0. The Bertz CT molecular complexity index is 128. The highest BCUT2D eigenvalue weighted by Gasteiger charge is 2.11. The van der Waals surface area contributed by atoms with E-state index in [4.69, 9.17) is 10.5 Å². The average molecular weight is 179 g/mol. The summed E-state index contributed by atoms with van der Waals surface area (Å²) in [6.45, 7) is 4.30. The van der Waals surface area contributed by atoms with Gasteiger partial charge in [0.05, 0.1) is 11.9 Å². The molecule has 3 atom stereocenters. The van der Waals surface area contributed by atoms with Gasteiger partial charge in [-0.25, -0.2) is 0 Å². The summed E-state index contributed by atoms with van der Waals surface area (Å²) in [5, 5.41) is 0.0889. The number of nitrogens with two attached hydrogens (primary N) is 1. The molecule has 4 heteroatoms. The van der Waals surface area contributed by atoms with Gasteiger partial charge in [0.2, 0.25) is 0 Å². The highest BCUT2D eigenvalue weighted by Crippen LogP contribution is 1.97. The number of hydrogen-bond donors (Lipinski definition) is 1. The molecule has 0 aromatic heterocycles. The highest BCUT2D eigenvalue weighted by molar-refractivity contribution is 7.85. The fraction of sp³-hybridized carbons (Fsp3) is 1.00. The Morgan fingerprint density at radius 1 is 1.55 bits per heavy atom. The van der Waals surface area contributed by atoms with Gasteiger partial charge >= 0.3 is 0 Å². The van der Waals surface area contributed by atoms with Crippen LogP contribution in [-0.2, 0) is 15.5 Å². The van der Waals surface area contributed by atoms with Gasteiger partial charge in [0.25, 0.3) is 0 Å². The van der Waals surface area contributed by atoms with Crippen LogP contribution < -0.4 is 5.73 Å². The molecule has 0 bridgehead atoms. The van der Waals surface area contributed by atoms with Crippen molar-refractivity contribution in [2.45, 2.75) is 25.1 Å².